The van der Waals surface area contributed by atoms with Crippen LogP contribution in [-0.4, -0.2) is 23.9 Å². The van der Waals surface area contributed by atoms with Crippen LogP contribution in [0.4, 0.5) is 0 Å². The lowest BCUT2D eigenvalue weighted by molar-refractivity contribution is -0.258. The van der Waals surface area contributed by atoms with E-state index in [0.717, 1.165) is 5.56 Å². The van der Waals surface area contributed by atoms with Gasteiger partial charge in [0.05, 0.1) is 18.8 Å². The van der Waals surface area contributed by atoms with Crippen LogP contribution >= 0.6 is 0 Å². The molecule has 0 saturated carbocycles. The fourth-order valence-corrected chi connectivity index (χ4v) is 2.14. The summed E-state index contributed by atoms with van der Waals surface area (Å²) in [6.45, 7) is 4.64. The molecule has 0 spiro atoms. The van der Waals surface area contributed by atoms with E-state index in [2.05, 4.69) is 0 Å². The summed E-state index contributed by atoms with van der Waals surface area (Å²) in [5.41, 5.74) is 1.01. The largest absolute Gasteiger partial charge is 0.390 e. The number of aliphatic hydroxyl groups is 1. The molecule has 17 heavy (non-hydrogen) atoms. The van der Waals surface area contributed by atoms with Gasteiger partial charge in [-0.05, 0) is 6.42 Å². The lowest BCUT2D eigenvalue weighted by atomic mass is 9.97. The minimum absolute atomic E-state index is 0.140. The van der Waals surface area contributed by atoms with E-state index in [1.165, 1.54) is 0 Å². The lowest BCUT2D eigenvalue weighted by Gasteiger charge is -2.37. The Bertz CT molecular complexity index is 335. The number of ether oxygens (including phenoxy) is 2. The van der Waals surface area contributed by atoms with Gasteiger partial charge in [0.25, 0.3) is 0 Å². The normalized spacial score (nSPS) is 31.1. The van der Waals surface area contributed by atoms with Crippen LogP contribution in [0.25, 0.3) is 0 Å². The van der Waals surface area contributed by atoms with Gasteiger partial charge in [-0.1, -0.05) is 44.2 Å². The van der Waals surface area contributed by atoms with E-state index in [1.807, 2.05) is 44.2 Å². The number of aliphatic hydroxyl groups excluding tert-OH is 1. The molecule has 1 heterocycles. The Morgan fingerprint density at radius 1 is 1.35 bits per heavy atom. The molecular formula is C14H20O3. The monoisotopic (exact) mass is 236 g/mol. The summed E-state index contributed by atoms with van der Waals surface area (Å²) in [6, 6.07) is 9.86. The highest BCUT2D eigenvalue weighted by Crippen LogP contribution is 2.31. The highest BCUT2D eigenvalue weighted by molar-refractivity contribution is 5.16. The Labute approximate surface area is 102 Å². The molecule has 0 unspecified atom stereocenters. The predicted octanol–water partition coefficient (Wildman–Crippen LogP) is 2.51. The maximum absolute atomic E-state index is 9.94. The van der Waals surface area contributed by atoms with Crippen molar-refractivity contribution in [1.29, 1.82) is 0 Å². The molecule has 94 valence electrons. The predicted molar refractivity (Wildman–Crippen MR) is 65.5 cm³/mol. The van der Waals surface area contributed by atoms with Crippen LogP contribution in [0.15, 0.2) is 30.3 Å². The van der Waals surface area contributed by atoms with Gasteiger partial charge in [0.1, 0.15) is 0 Å². The fourth-order valence-electron chi connectivity index (χ4n) is 2.14. The van der Waals surface area contributed by atoms with Crippen molar-refractivity contribution in [1.82, 2.24) is 0 Å². The molecular weight excluding hydrogens is 216 g/mol. The Morgan fingerprint density at radius 2 is 2.06 bits per heavy atom. The Hall–Kier alpha value is -0.900. The quantitative estimate of drug-likeness (QED) is 0.876. The van der Waals surface area contributed by atoms with Gasteiger partial charge in [-0.3, -0.25) is 0 Å². The van der Waals surface area contributed by atoms with Gasteiger partial charge in [0.15, 0.2) is 6.29 Å². The maximum Gasteiger partial charge on any atom is 0.184 e. The first-order valence-corrected chi connectivity index (χ1v) is 6.22. The van der Waals surface area contributed by atoms with Crippen molar-refractivity contribution in [2.75, 3.05) is 6.61 Å². The summed E-state index contributed by atoms with van der Waals surface area (Å²) < 4.78 is 11.5. The third kappa shape index (κ3) is 2.86. The Balaban J connectivity index is 2.08. The minimum Gasteiger partial charge on any atom is -0.390 e. The van der Waals surface area contributed by atoms with Crippen molar-refractivity contribution >= 4 is 0 Å². The molecule has 1 aromatic rings. The van der Waals surface area contributed by atoms with Crippen LogP contribution in [0.1, 0.15) is 32.1 Å². The first kappa shape index (κ1) is 12.6. The van der Waals surface area contributed by atoms with E-state index in [9.17, 15) is 5.11 Å². The summed E-state index contributed by atoms with van der Waals surface area (Å²) >= 11 is 0. The summed E-state index contributed by atoms with van der Waals surface area (Å²) in [5.74, 6) is 0.227. The third-order valence-electron chi connectivity index (χ3n) is 3.22. The van der Waals surface area contributed by atoms with Crippen molar-refractivity contribution in [3.63, 3.8) is 0 Å². The topological polar surface area (TPSA) is 38.7 Å². The summed E-state index contributed by atoms with van der Waals surface area (Å²) in [5, 5.41) is 9.94. The number of hydrogen-bond acceptors (Lipinski definition) is 3. The Morgan fingerprint density at radius 3 is 2.71 bits per heavy atom. The van der Waals surface area contributed by atoms with E-state index < -0.39 is 6.10 Å². The third-order valence-corrected chi connectivity index (χ3v) is 3.22. The van der Waals surface area contributed by atoms with Gasteiger partial charge in [-0.2, -0.15) is 0 Å². The highest BCUT2D eigenvalue weighted by Gasteiger charge is 2.33. The van der Waals surface area contributed by atoms with E-state index in [0.29, 0.717) is 13.0 Å². The minimum atomic E-state index is -0.417. The molecule has 1 N–H and O–H groups in total. The van der Waals surface area contributed by atoms with Crippen LogP contribution in [0.2, 0.25) is 0 Å². The van der Waals surface area contributed by atoms with E-state index in [4.69, 9.17) is 9.47 Å². The molecule has 0 aliphatic carbocycles. The van der Waals surface area contributed by atoms with E-state index in [-0.39, 0.29) is 18.3 Å². The van der Waals surface area contributed by atoms with Crippen molar-refractivity contribution < 1.29 is 14.6 Å². The molecule has 3 nitrogen and oxygen atoms in total. The number of hydrogen-bond donors (Lipinski definition) is 1. The maximum atomic E-state index is 9.94. The highest BCUT2D eigenvalue weighted by atomic mass is 16.7. The summed E-state index contributed by atoms with van der Waals surface area (Å²) in [7, 11) is 0. The average molecular weight is 236 g/mol. The Kier molecular flexibility index (Phi) is 4.15. The molecule has 0 aromatic heterocycles. The second-order valence-electron chi connectivity index (χ2n) is 4.63. The average Bonchev–Trinajstić information content (AvgIpc) is 2.39. The van der Waals surface area contributed by atoms with Crippen molar-refractivity contribution in [2.45, 2.75) is 38.8 Å². The van der Waals surface area contributed by atoms with Crippen LogP contribution in [0, 0.1) is 5.92 Å². The zero-order valence-corrected chi connectivity index (χ0v) is 10.4. The van der Waals surface area contributed by atoms with Crippen molar-refractivity contribution in [3.8, 4) is 0 Å². The fraction of sp³-hybridized carbons (Fsp3) is 0.571. The second-order valence-corrected chi connectivity index (χ2v) is 4.63. The van der Waals surface area contributed by atoms with Gasteiger partial charge in [0, 0.05) is 11.5 Å². The van der Waals surface area contributed by atoms with Gasteiger partial charge in [-0.25, -0.2) is 0 Å². The molecule has 1 fully saturated rings. The number of benzene rings is 1. The van der Waals surface area contributed by atoms with Crippen LogP contribution in [-0.2, 0) is 9.47 Å². The first-order valence-electron chi connectivity index (χ1n) is 6.22. The molecule has 1 aliphatic rings. The van der Waals surface area contributed by atoms with Gasteiger partial charge in [-0.15, -0.1) is 0 Å². The van der Waals surface area contributed by atoms with Crippen molar-refractivity contribution in [3.05, 3.63) is 35.9 Å². The molecule has 4 atom stereocenters. The molecule has 0 bridgehead atoms. The molecule has 0 amide bonds. The van der Waals surface area contributed by atoms with E-state index >= 15 is 0 Å². The standard InChI is InChI=1S/C14H20O3/c1-3-12(15)13-10(2)9-16-14(17-13)11-7-5-4-6-8-11/h4-8,10,12-15H,3,9H2,1-2H3/t10-,12-,13-,14-/m0/s1. The van der Waals surface area contributed by atoms with E-state index in [1.54, 1.807) is 0 Å². The molecule has 1 aliphatic heterocycles. The van der Waals surface area contributed by atoms with Crippen molar-refractivity contribution in [2.24, 2.45) is 5.92 Å². The molecule has 3 heteroatoms. The zero-order valence-electron chi connectivity index (χ0n) is 10.4. The molecule has 1 aromatic carbocycles. The molecule has 1 saturated heterocycles. The SMILES string of the molecule is CC[C@H](O)[C@H]1O[C@@H](c2ccccc2)OC[C@@H]1C. The van der Waals surface area contributed by atoms with Gasteiger partial charge < -0.3 is 14.6 Å². The van der Waals surface area contributed by atoms with Gasteiger partial charge >= 0.3 is 0 Å². The summed E-state index contributed by atoms with van der Waals surface area (Å²) in [6.07, 6.45) is -0.200. The molecule has 2 rings (SSSR count). The summed E-state index contributed by atoms with van der Waals surface area (Å²) in [4.78, 5) is 0. The second kappa shape index (κ2) is 5.63. The lowest BCUT2D eigenvalue weighted by Crippen LogP contribution is -2.42. The molecule has 0 radical (unpaired) electrons. The smallest absolute Gasteiger partial charge is 0.184 e. The van der Waals surface area contributed by atoms with Crippen LogP contribution in [0.5, 0.6) is 0 Å². The van der Waals surface area contributed by atoms with Crippen LogP contribution in [0.3, 0.4) is 0 Å². The zero-order chi connectivity index (χ0) is 12.3. The number of rotatable bonds is 3. The van der Waals surface area contributed by atoms with Crippen LogP contribution < -0.4 is 0 Å². The van der Waals surface area contributed by atoms with Gasteiger partial charge in [0.2, 0.25) is 0 Å². The first-order chi connectivity index (χ1) is 8.22.